The summed E-state index contributed by atoms with van der Waals surface area (Å²) in [7, 11) is 0. The van der Waals surface area contributed by atoms with E-state index in [1.807, 2.05) is 85.3 Å². The number of carbonyl (C=O) groups excluding carboxylic acids is 1. The Morgan fingerprint density at radius 3 is 2.13 bits per heavy atom. The Labute approximate surface area is 186 Å². The average Bonchev–Trinajstić information content (AvgIpc) is 3.43. The highest BCUT2D eigenvalue weighted by molar-refractivity contribution is 7.10. The molecule has 6 heteroatoms. The lowest BCUT2D eigenvalue weighted by Crippen LogP contribution is -2.41. The maximum atomic E-state index is 12.9. The number of benzene rings is 2. The summed E-state index contributed by atoms with van der Waals surface area (Å²) in [5, 5.41) is 12.9. The second kappa shape index (κ2) is 9.62. The summed E-state index contributed by atoms with van der Waals surface area (Å²) in [5.41, 5.74) is 4.12. The molecule has 2 amide bonds. The summed E-state index contributed by atoms with van der Waals surface area (Å²) in [6, 6.07) is 25.7. The number of thiophene rings is 1. The van der Waals surface area contributed by atoms with Gasteiger partial charge >= 0.3 is 6.03 Å². The third-order valence-corrected chi connectivity index (χ3v) is 6.18. The minimum Gasteiger partial charge on any atom is -0.336 e. The Morgan fingerprint density at radius 1 is 0.968 bits per heavy atom. The molecule has 0 aliphatic carbocycles. The standard InChI is InChI=1S/C25H26N4OS/c1-18-16-19(2)29(28-18)22(23-14-9-15-31-23)17-26-25(30)27-24(20-10-5-3-6-11-20)21-12-7-4-8-13-21/h3-16,22,24H,17H2,1-2H3,(H2,26,27,30). The van der Waals surface area contributed by atoms with E-state index in [2.05, 4.69) is 33.2 Å². The molecule has 4 rings (SSSR count). The van der Waals surface area contributed by atoms with Crippen molar-refractivity contribution in [2.75, 3.05) is 6.54 Å². The van der Waals surface area contributed by atoms with Crippen molar-refractivity contribution >= 4 is 17.4 Å². The van der Waals surface area contributed by atoms with Crippen LogP contribution >= 0.6 is 11.3 Å². The van der Waals surface area contributed by atoms with Gasteiger partial charge in [-0.15, -0.1) is 11.3 Å². The van der Waals surface area contributed by atoms with Crippen LogP contribution in [0.3, 0.4) is 0 Å². The van der Waals surface area contributed by atoms with Crippen LogP contribution in [-0.2, 0) is 0 Å². The highest BCUT2D eigenvalue weighted by Crippen LogP contribution is 2.25. The van der Waals surface area contributed by atoms with E-state index < -0.39 is 0 Å². The Bertz CT molecular complexity index is 1070. The lowest BCUT2D eigenvalue weighted by Gasteiger charge is -2.22. The molecule has 2 aromatic heterocycles. The molecule has 31 heavy (non-hydrogen) atoms. The van der Waals surface area contributed by atoms with Crippen molar-refractivity contribution in [3.63, 3.8) is 0 Å². The van der Waals surface area contributed by atoms with E-state index in [4.69, 9.17) is 0 Å². The Morgan fingerprint density at radius 2 is 1.61 bits per heavy atom. The van der Waals surface area contributed by atoms with Crippen LogP contribution < -0.4 is 10.6 Å². The van der Waals surface area contributed by atoms with Crippen molar-refractivity contribution in [3.05, 3.63) is 112 Å². The minimum absolute atomic E-state index is 0.0497. The van der Waals surface area contributed by atoms with Crippen LogP contribution in [0.2, 0.25) is 0 Å². The van der Waals surface area contributed by atoms with Gasteiger partial charge in [-0.2, -0.15) is 5.10 Å². The van der Waals surface area contributed by atoms with Crippen LogP contribution in [0.15, 0.2) is 84.2 Å². The summed E-state index contributed by atoms with van der Waals surface area (Å²) in [4.78, 5) is 14.1. The molecule has 0 bridgehead atoms. The first kappa shape index (κ1) is 20.9. The van der Waals surface area contributed by atoms with E-state index >= 15 is 0 Å². The lowest BCUT2D eigenvalue weighted by molar-refractivity contribution is 0.237. The number of hydrogen-bond acceptors (Lipinski definition) is 3. The minimum atomic E-state index is -0.226. The molecule has 5 nitrogen and oxygen atoms in total. The molecule has 0 radical (unpaired) electrons. The van der Waals surface area contributed by atoms with Crippen molar-refractivity contribution in [1.29, 1.82) is 0 Å². The van der Waals surface area contributed by atoms with E-state index in [9.17, 15) is 4.79 Å². The first-order valence-electron chi connectivity index (χ1n) is 10.3. The monoisotopic (exact) mass is 430 g/mol. The number of carbonyl (C=O) groups is 1. The molecule has 0 saturated carbocycles. The zero-order chi connectivity index (χ0) is 21.6. The molecule has 2 N–H and O–H groups in total. The molecule has 1 unspecified atom stereocenters. The molecular formula is C25H26N4OS. The van der Waals surface area contributed by atoms with Gasteiger partial charge in [0, 0.05) is 17.1 Å². The molecule has 0 fully saturated rings. The number of rotatable bonds is 7. The highest BCUT2D eigenvalue weighted by Gasteiger charge is 2.21. The molecule has 1 atom stereocenters. The predicted octanol–water partition coefficient (Wildman–Crippen LogP) is 5.24. The van der Waals surface area contributed by atoms with Crippen molar-refractivity contribution in [1.82, 2.24) is 20.4 Å². The highest BCUT2D eigenvalue weighted by atomic mass is 32.1. The number of aromatic nitrogens is 2. The van der Waals surface area contributed by atoms with Crippen LogP contribution in [0.4, 0.5) is 4.79 Å². The molecule has 158 valence electrons. The molecule has 0 aliphatic heterocycles. The number of aryl methyl sites for hydroxylation is 2. The molecule has 0 aliphatic rings. The zero-order valence-corrected chi connectivity index (χ0v) is 18.5. The fourth-order valence-corrected chi connectivity index (χ4v) is 4.58. The Hall–Kier alpha value is -3.38. The smallest absolute Gasteiger partial charge is 0.315 e. The van der Waals surface area contributed by atoms with E-state index in [0.717, 1.165) is 27.4 Å². The maximum Gasteiger partial charge on any atom is 0.315 e. The maximum absolute atomic E-state index is 12.9. The lowest BCUT2D eigenvalue weighted by atomic mass is 9.99. The second-order valence-electron chi connectivity index (χ2n) is 7.51. The first-order valence-corrected chi connectivity index (χ1v) is 11.2. The van der Waals surface area contributed by atoms with E-state index in [1.165, 1.54) is 0 Å². The van der Waals surface area contributed by atoms with Crippen molar-refractivity contribution in [2.24, 2.45) is 0 Å². The van der Waals surface area contributed by atoms with E-state index in [0.29, 0.717) is 6.54 Å². The van der Waals surface area contributed by atoms with Gasteiger partial charge in [0.15, 0.2) is 0 Å². The fraction of sp³-hybridized carbons (Fsp3) is 0.200. The largest absolute Gasteiger partial charge is 0.336 e. The molecular weight excluding hydrogens is 404 g/mol. The normalized spacial score (nSPS) is 12.0. The van der Waals surface area contributed by atoms with Crippen LogP contribution in [0, 0.1) is 13.8 Å². The molecule has 2 aromatic carbocycles. The molecule has 2 heterocycles. The molecule has 4 aromatic rings. The van der Waals surface area contributed by atoms with Gasteiger partial charge in [-0.1, -0.05) is 66.7 Å². The van der Waals surface area contributed by atoms with Crippen LogP contribution in [0.5, 0.6) is 0 Å². The second-order valence-corrected chi connectivity index (χ2v) is 8.49. The summed E-state index contributed by atoms with van der Waals surface area (Å²) < 4.78 is 1.99. The topological polar surface area (TPSA) is 59.0 Å². The quantitative estimate of drug-likeness (QED) is 0.421. The third-order valence-electron chi connectivity index (χ3n) is 5.21. The van der Waals surface area contributed by atoms with Crippen LogP contribution in [0.25, 0.3) is 0 Å². The molecule has 0 spiro atoms. The summed E-state index contributed by atoms with van der Waals surface area (Å²) >= 11 is 1.67. The van der Waals surface area contributed by atoms with Gasteiger partial charge in [0.2, 0.25) is 0 Å². The van der Waals surface area contributed by atoms with Crippen molar-refractivity contribution < 1.29 is 4.79 Å². The van der Waals surface area contributed by atoms with Gasteiger partial charge in [0.1, 0.15) is 6.04 Å². The van der Waals surface area contributed by atoms with Crippen LogP contribution in [-0.4, -0.2) is 22.4 Å². The predicted molar refractivity (Wildman–Crippen MR) is 125 cm³/mol. The number of nitrogens with zero attached hydrogens (tertiary/aromatic N) is 2. The van der Waals surface area contributed by atoms with E-state index in [1.54, 1.807) is 11.3 Å². The number of urea groups is 1. The van der Waals surface area contributed by atoms with E-state index in [-0.39, 0.29) is 18.1 Å². The van der Waals surface area contributed by atoms with Gasteiger partial charge in [0.25, 0.3) is 0 Å². The number of amides is 2. The average molecular weight is 431 g/mol. The van der Waals surface area contributed by atoms with Gasteiger partial charge in [-0.05, 0) is 42.5 Å². The molecule has 0 saturated heterocycles. The van der Waals surface area contributed by atoms with Gasteiger partial charge < -0.3 is 10.6 Å². The number of hydrogen-bond donors (Lipinski definition) is 2. The zero-order valence-electron chi connectivity index (χ0n) is 17.7. The summed E-state index contributed by atoms with van der Waals surface area (Å²) in [6.45, 7) is 4.48. The van der Waals surface area contributed by atoms with Gasteiger partial charge in [0.05, 0.1) is 11.7 Å². The SMILES string of the molecule is Cc1cc(C)n(C(CNC(=O)NC(c2ccccc2)c2ccccc2)c2cccs2)n1. The fourth-order valence-electron chi connectivity index (χ4n) is 3.77. The Kier molecular flexibility index (Phi) is 6.48. The van der Waals surface area contributed by atoms with Crippen molar-refractivity contribution in [3.8, 4) is 0 Å². The van der Waals surface area contributed by atoms with Gasteiger partial charge in [-0.25, -0.2) is 4.79 Å². The van der Waals surface area contributed by atoms with Crippen LogP contribution in [0.1, 0.15) is 39.5 Å². The Balaban J connectivity index is 1.51. The summed E-state index contributed by atoms with van der Waals surface area (Å²) in [5.74, 6) is 0. The summed E-state index contributed by atoms with van der Waals surface area (Å²) in [6.07, 6.45) is 0. The first-order chi connectivity index (χ1) is 15.1. The number of nitrogens with one attached hydrogen (secondary N) is 2. The van der Waals surface area contributed by atoms with Gasteiger partial charge in [-0.3, -0.25) is 4.68 Å². The van der Waals surface area contributed by atoms with Crippen molar-refractivity contribution in [2.45, 2.75) is 25.9 Å². The third kappa shape index (κ3) is 5.03.